The third kappa shape index (κ3) is 6.53. The van der Waals surface area contributed by atoms with Crippen LogP contribution in [0.2, 0.25) is 10.0 Å². The third-order valence-corrected chi connectivity index (χ3v) is 6.76. The van der Waals surface area contributed by atoms with E-state index in [-0.39, 0.29) is 22.0 Å². The molecule has 0 saturated heterocycles. The minimum absolute atomic E-state index is 0.113. The van der Waals surface area contributed by atoms with E-state index in [1.165, 1.54) is 12.7 Å². The van der Waals surface area contributed by atoms with Crippen molar-refractivity contribution >= 4 is 40.9 Å². The van der Waals surface area contributed by atoms with Crippen molar-refractivity contribution in [3.05, 3.63) is 86.8 Å². The van der Waals surface area contributed by atoms with Crippen LogP contribution in [0.15, 0.2) is 48.7 Å². The van der Waals surface area contributed by atoms with Crippen LogP contribution in [0.1, 0.15) is 45.7 Å². The zero-order chi connectivity index (χ0) is 25.5. The number of ether oxygens (including phenoxy) is 1. The highest BCUT2D eigenvalue weighted by Crippen LogP contribution is 2.24. The van der Waals surface area contributed by atoms with Crippen molar-refractivity contribution in [1.29, 1.82) is 0 Å². The number of rotatable bonds is 9. The molecule has 188 valence electrons. The van der Waals surface area contributed by atoms with Gasteiger partial charge in [0.15, 0.2) is 0 Å². The summed E-state index contributed by atoms with van der Waals surface area (Å²) in [6, 6.07) is 12.0. The molecule has 0 saturated carbocycles. The summed E-state index contributed by atoms with van der Waals surface area (Å²) >= 11 is 12.3. The van der Waals surface area contributed by atoms with Crippen LogP contribution >= 0.6 is 23.2 Å². The Bertz CT molecular complexity index is 1210. The first-order valence-corrected chi connectivity index (χ1v) is 12.7. The molecular formula is C27H28Cl2N4O3. The number of benzene rings is 1. The second-order valence-electron chi connectivity index (χ2n) is 8.70. The minimum Gasteiger partial charge on any atom is -0.467 e. The van der Waals surface area contributed by atoms with E-state index in [0.717, 1.165) is 55.7 Å². The molecule has 3 heterocycles. The molecule has 36 heavy (non-hydrogen) atoms. The number of anilines is 1. The highest BCUT2D eigenvalue weighted by Gasteiger charge is 2.25. The first-order chi connectivity index (χ1) is 17.4. The Hall–Kier alpha value is -3.16. The topological polar surface area (TPSA) is 93.2 Å². The number of aryl methyl sites for hydroxylation is 3. The van der Waals surface area contributed by atoms with Gasteiger partial charge in [-0.25, -0.2) is 9.78 Å². The second kappa shape index (κ2) is 12.2. The number of hydrogen-bond donors (Lipinski definition) is 2. The van der Waals surface area contributed by atoms with Gasteiger partial charge in [-0.3, -0.25) is 9.78 Å². The average Bonchev–Trinajstić information content (AvgIpc) is 2.88. The zero-order valence-electron chi connectivity index (χ0n) is 20.0. The third-order valence-electron chi connectivity index (χ3n) is 6.13. The number of nitrogens with zero attached hydrogens (tertiary/aromatic N) is 2. The number of hydrogen-bond acceptors (Lipinski definition) is 6. The molecule has 2 N–H and O–H groups in total. The van der Waals surface area contributed by atoms with Crippen LogP contribution in [0.25, 0.3) is 0 Å². The van der Waals surface area contributed by atoms with Gasteiger partial charge in [0, 0.05) is 30.6 Å². The number of carbonyl (C=O) groups is 2. The number of fused-ring (bicyclic) bond motifs is 1. The van der Waals surface area contributed by atoms with Crippen LogP contribution in [0.4, 0.5) is 5.82 Å². The molecule has 7 nitrogen and oxygen atoms in total. The Labute approximate surface area is 220 Å². The van der Waals surface area contributed by atoms with Crippen molar-refractivity contribution in [3.8, 4) is 0 Å². The summed E-state index contributed by atoms with van der Waals surface area (Å²) < 4.78 is 4.88. The molecule has 1 amide bonds. The van der Waals surface area contributed by atoms with Gasteiger partial charge in [0.25, 0.3) is 5.91 Å². The maximum atomic E-state index is 12.8. The molecule has 0 radical (unpaired) electrons. The molecule has 1 aliphatic rings. The van der Waals surface area contributed by atoms with Crippen molar-refractivity contribution in [1.82, 2.24) is 15.3 Å². The maximum absolute atomic E-state index is 12.8. The number of amides is 1. The van der Waals surface area contributed by atoms with Crippen molar-refractivity contribution in [2.45, 2.75) is 44.6 Å². The van der Waals surface area contributed by atoms with Crippen LogP contribution in [0.5, 0.6) is 0 Å². The Morgan fingerprint density at radius 2 is 1.86 bits per heavy atom. The fraction of sp³-hybridized carbons (Fsp3) is 0.333. The van der Waals surface area contributed by atoms with Gasteiger partial charge in [-0.05, 0) is 67.5 Å². The Kier molecular flexibility index (Phi) is 8.78. The lowest BCUT2D eigenvalue weighted by molar-refractivity contribution is -0.142. The molecule has 3 aromatic rings. The molecule has 9 heteroatoms. The Morgan fingerprint density at radius 3 is 2.58 bits per heavy atom. The summed E-state index contributed by atoms with van der Waals surface area (Å²) in [6.07, 6.45) is 6.91. The summed E-state index contributed by atoms with van der Waals surface area (Å²) in [5.41, 5.74) is 4.24. The molecule has 0 aliphatic carbocycles. The van der Waals surface area contributed by atoms with Crippen LogP contribution in [-0.2, 0) is 35.2 Å². The summed E-state index contributed by atoms with van der Waals surface area (Å²) in [6.45, 7) is 0.982. The van der Waals surface area contributed by atoms with Crippen molar-refractivity contribution in [3.63, 3.8) is 0 Å². The molecule has 0 spiro atoms. The van der Waals surface area contributed by atoms with Gasteiger partial charge in [0.2, 0.25) is 0 Å². The number of methoxy groups -OCH3 is 1. The fourth-order valence-corrected chi connectivity index (χ4v) is 4.76. The molecule has 2 aromatic heterocycles. The quantitative estimate of drug-likeness (QED) is 0.388. The maximum Gasteiger partial charge on any atom is 0.328 e. The smallest absolute Gasteiger partial charge is 0.328 e. The summed E-state index contributed by atoms with van der Waals surface area (Å²) in [5.74, 6) is -0.109. The molecular weight excluding hydrogens is 499 g/mol. The van der Waals surface area contributed by atoms with Crippen molar-refractivity contribution < 1.29 is 14.3 Å². The summed E-state index contributed by atoms with van der Waals surface area (Å²) in [5, 5.41) is 6.45. The van der Waals surface area contributed by atoms with Gasteiger partial charge in [-0.2, -0.15) is 0 Å². The molecule has 1 atom stereocenters. The first kappa shape index (κ1) is 25.9. The Morgan fingerprint density at radius 1 is 1.08 bits per heavy atom. The highest BCUT2D eigenvalue weighted by atomic mass is 35.5. The normalized spacial score (nSPS) is 13.3. The van der Waals surface area contributed by atoms with E-state index in [2.05, 4.69) is 27.8 Å². The van der Waals surface area contributed by atoms with Gasteiger partial charge in [0.05, 0.1) is 22.7 Å². The van der Waals surface area contributed by atoms with E-state index in [1.807, 2.05) is 12.1 Å². The zero-order valence-corrected chi connectivity index (χ0v) is 21.5. The van der Waals surface area contributed by atoms with Gasteiger partial charge >= 0.3 is 5.97 Å². The van der Waals surface area contributed by atoms with E-state index in [9.17, 15) is 9.59 Å². The molecule has 0 bridgehead atoms. The van der Waals surface area contributed by atoms with E-state index in [0.29, 0.717) is 5.69 Å². The lowest BCUT2D eigenvalue weighted by atomic mass is 10.0. The van der Waals surface area contributed by atoms with E-state index >= 15 is 0 Å². The second-order valence-corrected chi connectivity index (χ2v) is 9.52. The van der Waals surface area contributed by atoms with E-state index in [4.69, 9.17) is 32.9 Å². The van der Waals surface area contributed by atoms with Crippen molar-refractivity contribution in [2.24, 2.45) is 0 Å². The number of halogens is 2. The SMILES string of the molecule is COC(=O)[C@H](Cc1ccc(CCCc2ccc3c(n2)NCCC3)cn1)NC(=O)c1c(Cl)cccc1Cl. The van der Waals surface area contributed by atoms with Gasteiger partial charge < -0.3 is 15.4 Å². The van der Waals surface area contributed by atoms with Crippen LogP contribution < -0.4 is 10.6 Å². The summed E-state index contributed by atoms with van der Waals surface area (Å²) in [4.78, 5) is 34.4. The van der Waals surface area contributed by atoms with Gasteiger partial charge in [0.1, 0.15) is 11.9 Å². The minimum atomic E-state index is -0.933. The molecule has 1 aromatic carbocycles. The summed E-state index contributed by atoms with van der Waals surface area (Å²) in [7, 11) is 1.27. The molecule has 1 aliphatic heterocycles. The number of aromatic nitrogens is 2. The van der Waals surface area contributed by atoms with E-state index in [1.54, 1.807) is 24.4 Å². The van der Waals surface area contributed by atoms with Crippen LogP contribution in [0, 0.1) is 0 Å². The predicted octanol–water partition coefficient (Wildman–Crippen LogP) is 4.83. The predicted molar refractivity (Wildman–Crippen MR) is 141 cm³/mol. The number of pyridine rings is 2. The van der Waals surface area contributed by atoms with E-state index < -0.39 is 17.9 Å². The largest absolute Gasteiger partial charge is 0.467 e. The fourth-order valence-electron chi connectivity index (χ4n) is 4.20. The molecule has 4 rings (SSSR count). The van der Waals surface area contributed by atoms with Gasteiger partial charge in [-0.1, -0.05) is 41.4 Å². The monoisotopic (exact) mass is 526 g/mol. The Balaban J connectivity index is 1.34. The lowest BCUT2D eigenvalue weighted by Crippen LogP contribution is -2.43. The van der Waals surface area contributed by atoms with Gasteiger partial charge in [-0.15, -0.1) is 0 Å². The van der Waals surface area contributed by atoms with Crippen LogP contribution in [0.3, 0.4) is 0 Å². The number of esters is 1. The van der Waals surface area contributed by atoms with Crippen molar-refractivity contribution in [2.75, 3.05) is 19.0 Å². The first-order valence-electron chi connectivity index (χ1n) is 11.9. The standard InChI is InChI=1S/C27H28Cl2N4O3/c1-36-27(35)23(33-26(34)24-21(28)8-3-9-22(24)29)15-20-12-10-17(16-31-20)5-2-7-19-13-11-18-6-4-14-30-25(18)32-19/h3,8-13,16,23H,2,4-7,14-15H2,1H3,(H,30,32)(H,33,34)/t23-/m0/s1. The molecule has 0 fully saturated rings. The van der Waals surface area contributed by atoms with Crippen LogP contribution in [-0.4, -0.2) is 41.5 Å². The number of nitrogens with one attached hydrogen (secondary N) is 2. The molecule has 0 unspecified atom stereocenters. The number of carbonyl (C=O) groups excluding carboxylic acids is 2. The highest BCUT2D eigenvalue weighted by molar-refractivity contribution is 6.39. The average molecular weight is 527 g/mol. The lowest BCUT2D eigenvalue weighted by Gasteiger charge is -2.17.